The van der Waals surface area contributed by atoms with Crippen LogP contribution in [0.2, 0.25) is 5.02 Å². The first-order valence-electron chi connectivity index (χ1n) is 3.96. The molecule has 2 aromatic rings. The fourth-order valence-corrected chi connectivity index (χ4v) is 1.45. The summed E-state index contributed by atoms with van der Waals surface area (Å²) in [5.74, 6) is 0. The van der Waals surface area contributed by atoms with E-state index in [2.05, 4.69) is 0 Å². The Morgan fingerprint density at radius 1 is 1.00 bits per heavy atom. The molecule has 2 aromatic carbocycles. The molecule has 0 N–H and O–H groups in total. The minimum Gasteiger partial charge on any atom is -0.289 e. The van der Waals surface area contributed by atoms with Gasteiger partial charge in [0.1, 0.15) is 0 Å². The van der Waals surface area contributed by atoms with E-state index in [0.29, 0.717) is 10.4 Å². The smallest absolute Gasteiger partial charge is 0.187 e. The van der Waals surface area contributed by atoms with Crippen molar-refractivity contribution in [3.63, 3.8) is 0 Å². The van der Waals surface area contributed by atoms with E-state index in [0.717, 1.165) is 5.39 Å². The van der Waals surface area contributed by atoms with E-state index in [4.69, 9.17) is 11.6 Å². The Balaban J connectivity index is 3.02. The fraction of sp³-hybridized carbons (Fsp3) is 0. The predicted octanol–water partition coefficient (Wildman–Crippen LogP) is 2.85. The zero-order valence-corrected chi connectivity index (χ0v) is 7.58. The minimum atomic E-state index is -0.0365. The van der Waals surface area contributed by atoms with Crippen molar-refractivity contribution in [2.75, 3.05) is 0 Å². The molecule has 0 aromatic heterocycles. The van der Waals surface area contributed by atoms with Crippen molar-refractivity contribution >= 4 is 22.4 Å². The Labute approximate surface area is 80.6 Å². The van der Waals surface area contributed by atoms with Gasteiger partial charge in [-0.2, -0.15) is 0 Å². The minimum absolute atomic E-state index is 0.0365. The van der Waals surface area contributed by atoms with Crippen molar-refractivity contribution in [2.24, 2.45) is 0 Å². The van der Waals surface area contributed by atoms with Crippen molar-refractivity contribution in [1.82, 2.24) is 0 Å². The normalized spacial score (nSPS) is 10.2. The lowest BCUT2D eigenvalue weighted by atomic mass is 10.2. The standard InChI is InChI=1S/C11H7ClO/c12-9-6-5-8-3-1-2-4-10(8)11(13)7-9/h1-7H. The van der Waals surface area contributed by atoms with Crippen molar-refractivity contribution < 1.29 is 0 Å². The molecular formula is C11H7ClO. The second kappa shape index (κ2) is 3.19. The first-order valence-corrected chi connectivity index (χ1v) is 4.34. The van der Waals surface area contributed by atoms with Crippen molar-refractivity contribution in [3.8, 4) is 0 Å². The van der Waals surface area contributed by atoms with Gasteiger partial charge in [-0.3, -0.25) is 4.79 Å². The molecule has 2 heteroatoms. The van der Waals surface area contributed by atoms with Crippen LogP contribution >= 0.6 is 11.6 Å². The molecule has 0 aliphatic carbocycles. The van der Waals surface area contributed by atoms with E-state index in [1.165, 1.54) is 6.07 Å². The van der Waals surface area contributed by atoms with E-state index in [9.17, 15) is 4.79 Å². The Kier molecular flexibility index (Phi) is 2.03. The number of fused-ring (bicyclic) bond motifs is 1. The molecule has 0 saturated heterocycles. The van der Waals surface area contributed by atoms with Gasteiger partial charge in [-0.25, -0.2) is 0 Å². The summed E-state index contributed by atoms with van der Waals surface area (Å²) in [5, 5.41) is 2.09. The first-order chi connectivity index (χ1) is 6.27. The average molecular weight is 191 g/mol. The van der Waals surface area contributed by atoms with Crippen LogP contribution in [0.15, 0.2) is 47.3 Å². The van der Waals surface area contributed by atoms with Crippen molar-refractivity contribution in [3.05, 3.63) is 57.7 Å². The van der Waals surface area contributed by atoms with Crippen LogP contribution in [-0.4, -0.2) is 0 Å². The van der Waals surface area contributed by atoms with E-state index >= 15 is 0 Å². The van der Waals surface area contributed by atoms with Gasteiger partial charge >= 0.3 is 0 Å². The van der Waals surface area contributed by atoms with Gasteiger partial charge in [0.2, 0.25) is 0 Å². The summed E-state index contributed by atoms with van der Waals surface area (Å²) in [7, 11) is 0. The topological polar surface area (TPSA) is 17.1 Å². The summed E-state index contributed by atoms with van der Waals surface area (Å²) in [5.41, 5.74) is -0.0365. The molecule has 0 radical (unpaired) electrons. The highest BCUT2D eigenvalue weighted by Gasteiger charge is 1.94. The molecule has 0 amide bonds. The van der Waals surface area contributed by atoms with Gasteiger partial charge in [0.05, 0.1) is 0 Å². The maximum Gasteiger partial charge on any atom is 0.187 e. The molecule has 0 spiro atoms. The third-order valence-electron chi connectivity index (χ3n) is 1.92. The summed E-state index contributed by atoms with van der Waals surface area (Å²) >= 11 is 5.76. The molecule has 1 nitrogen and oxygen atoms in total. The molecule has 0 heterocycles. The average Bonchev–Trinajstić information content (AvgIpc) is 2.27. The summed E-state index contributed by atoms with van der Waals surface area (Å²) in [6, 6.07) is 12.4. The van der Waals surface area contributed by atoms with Gasteiger partial charge in [0.15, 0.2) is 5.43 Å². The number of halogens is 1. The Hall–Kier alpha value is -1.34. The highest BCUT2D eigenvalue weighted by atomic mass is 35.5. The largest absolute Gasteiger partial charge is 0.289 e. The highest BCUT2D eigenvalue weighted by Crippen LogP contribution is 2.11. The lowest BCUT2D eigenvalue weighted by molar-refractivity contribution is 1.72. The quantitative estimate of drug-likeness (QED) is 0.625. The molecular weight excluding hydrogens is 184 g/mol. The molecule has 0 fully saturated rings. The van der Waals surface area contributed by atoms with Crippen molar-refractivity contribution in [1.29, 1.82) is 0 Å². The molecule has 0 unspecified atom stereocenters. The molecule has 13 heavy (non-hydrogen) atoms. The summed E-state index contributed by atoms with van der Waals surface area (Å²) in [4.78, 5) is 11.5. The Morgan fingerprint density at radius 2 is 1.77 bits per heavy atom. The lowest BCUT2D eigenvalue weighted by Gasteiger charge is -1.86. The second-order valence-corrected chi connectivity index (χ2v) is 3.25. The molecule has 0 bridgehead atoms. The zero-order valence-electron chi connectivity index (χ0n) is 6.83. The molecule has 0 saturated carbocycles. The van der Waals surface area contributed by atoms with Gasteiger partial charge in [-0.1, -0.05) is 41.9 Å². The van der Waals surface area contributed by atoms with Crippen LogP contribution in [0.25, 0.3) is 10.8 Å². The maximum atomic E-state index is 11.5. The molecule has 2 rings (SSSR count). The number of benzene rings is 1. The van der Waals surface area contributed by atoms with Crippen LogP contribution in [0.3, 0.4) is 0 Å². The fourth-order valence-electron chi connectivity index (χ4n) is 1.29. The SMILES string of the molecule is O=c1cc(Cl)ccc2ccccc12. The van der Waals surface area contributed by atoms with Crippen LogP contribution in [0.1, 0.15) is 0 Å². The van der Waals surface area contributed by atoms with Crippen LogP contribution < -0.4 is 5.43 Å². The summed E-state index contributed by atoms with van der Waals surface area (Å²) < 4.78 is 0. The molecule has 0 aliphatic heterocycles. The third kappa shape index (κ3) is 1.56. The van der Waals surface area contributed by atoms with Gasteiger partial charge < -0.3 is 0 Å². The van der Waals surface area contributed by atoms with E-state index < -0.39 is 0 Å². The number of hydrogen-bond acceptors (Lipinski definition) is 1. The van der Waals surface area contributed by atoms with Gasteiger partial charge in [-0.05, 0) is 11.5 Å². The molecule has 0 aliphatic rings. The summed E-state index contributed by atoms with van der Waals surface area (Å²) in [6.07, 6.45) is 0. The van der Waals surface area contributed by atoms with E-state index in [1.807, 2.05) is 24.3 Å². The first kappa shape index (κ1) is 8.27. The van der Waals surface area contributed by atoms with Crippen molar-refractivity contribution in [2.45, 2.75) is 0 Å². The monoisotopic (exact) mass is 190 g/mol. The Morgan fingerprint density at radius 3 is 2.62 bits per heavy atom. The molecule has 0 atom stereocenters. The van der Waals surface area contributed by atoms with Crippen LogP contribution in [-0.2, 0) is 0 Å². The van der Waals surface area contributed by atoms with Crippen LogP contribution in [0.5, 0.6) is 0 Å². The zero-order chi connectivity index (χ0) is 9.26. The third-order valence-corrected chi connectivity index (χ3v) is 2.15. The van der Waals surface area contributed by atoms with Gasteiger partial charge in [0, 0.05) is 16.5 Å². The van der Waals surface area contributed by atoms with E-state index in [1.54, 1.807) is 12.1 Å². The highest BCUT2D eigenvalue weighted by molar-refractivity contribution is 6.30. The number of hydrogen-bond donors (Lipinski definition) is 0. The number of rotatable bonds is 0. The Bertz CT molecular complexity index is 505. The lowest BCUT2D eigenvalue weighted by Crippen LogP contribution is -1.93. The predicted molar refractivity (Wildman–Crippen MR) is 55.2 cm³/mol. The second-order valence-electron chi connectivity index (χ2n) is 2.81. The van der Waals surface area contributed by atoms with Crippen LogP contribution in [0, 0.1) is 0 Å². The maximum absolute atomic E-state index is 11.5. The van der Waals surface area contributed by atoms with Crippen LogP contribution in [0.4, 0.5) is 0 Å². The van der Waals surface area contributed by atoms with E-state index in [-0.39, 0.29) is 5.43 Å². The van der Waals surface area contributed by atoms with Gasteiger partial charge in [-0.15, -0.1) is 0 Å². The summed E-state index contributed by atoms with van der Waals surface area (Å²) in [6.45, 7) is 0. The molecule has 64 valence electrons. The van der Waals surface area contributed by atoms with Gasteiger partial charge in [0.25, 0.3) is 0 Å².